The van der Waals surface area contributed by atoms with Crippen molar-refractivity contribution in [1.82, 2.24) is 19.3 Å². The molecule has 0 saturated carbocycles. The fraction of sp³-hybridized carbons (Fsp3) is 0.227. The minimum absolute atomic E-state index is 0.00680. The van der Waals surface area contributed by atoms with Crippen molar-refractivity contribution in [2.45, 2.75) is 25.3 Å². The van der Waals surface area contributed by atoms with Crippen LogP contribution in [0.25, 0.3) is 16.6 Å². The van der Waals surface area contributed by atoms with Crippen molar-refractivity contribution in [3.05, 3.63) is 70.4 Å². The van der Waals surface area contributed by atoms with E-state index in [-0.39, 0.29) is 23.3 Å². The maximum absolute atomic E-state index is 14.9. The molecule has 2 aromatic heterocycles. The molecule has 0 aliphatic heterocycles. The number of carbonyl (C=O) groups excluding carboxylic acids is 1. The molecule has 0 radical (unpaired) electrons. The first-order valence-electron chi connectivity index (χ1n) is 9.70. The van der Waals surface area contributed by atoms with Crippen LogP contribution in [-0.4, -0.2) is 32.2 Å². The van der Waals surface area contributed by atoms with E-state index in [1.165, 1.54) is 12.1 Å². The third kappa shape index (κ3) is 2.89. The summed E-state index contributed by atoms with van der Waals surface area (Å²) < 4.78 is 16.6. The van der Waals surface area contributed by atoms with Crippen molar-refractivity contribution in [1.29, 1.82) is 0 Å². The lowest BCUT2D eigenvalue weighted by atomic mass is 9.86. The first kappa shape index (κ1) is 18.8. The molecule has 1 aliphatic rings. The minimum Gasteiger partial charge on any atom is -0.382 e. The summed E-state index contributed by atoms with van der Waals surface area (Å²) >= 11 is 6.14. The first-order chi connectivity index (χ1) is 14.4. The Labute approximate surface area is 177 Å². The number of halogens is 2. The molecule has 1 atom stereocenters. The fourth-order valence-corrected chi connectivity index (χ4v) is 4.55. The standard InChI is InChI=1S/C22H19ClFN5O/c1-28(18-4-2-3-12-7-13(23)5-6-14(12)18)22(30)15-8-19-17(9-16(15)24)27-21(25)20-10-26-11-29(19)20/h5-11,18H,2-4H2,1H3,(H2,25,27). The number of nitrogens with zero attached hydrogens (tertiary/aromatic N) is 4. The minimum atomic E-state index is -0.627. The van der Waals surface area contributed by atoms with Crippen molar-refractivity contribution in [2.75, 3.05) is 12.8 Å². The summed E-state index contributed by atoms with van der Waals surface area (Å²) in [6.45, 7) is 0. The molecule has 0 fully saturated rings. The van der Waals surface area contributed by atoms with Gasteiger partial charge in [0.1, 0.15) is 17.2 Å². The maximum atomic E-state index is 14.9. The average Bonchev–Trinajstić information content (AvgIpc) is 3.22. The smallest absolute Gasteiger partial charge is 0.257 e. The zero-order valence-electron chi connectivity index (χ0n) is 16.3. The number of carbonyl (C=O) groups is 1. The molecular formula is C22H19ClFN5O. The van der Waals surface area contributed by atoms with Crippen molar-refractivity contribution < 1.29 is 9.18 Å². The van der Waals surface area contributed by atoms with Crippen molar-refractivity contribution in [3.8, 4) is 0 Å². The van der Waals surface area contributed by atoms with Crippen LogP contribution in [0.2, 0.25) is 5.02 Å². The molecule has 5 rings (SSSR count). The van der Waals surface area contributed by atoms with E-state index in [2.05, 4.69) is 9.97 Å². The zero-order chi connectivity index (χ0) is 21.0. The third-order valence-corrected chi connectivity index (χ3v) is 6.11. The van der Waals surface area contributed by atoms with E-state index < -0.39 is 5.82 Å². The Hall–Kier alpha value is -3.19. The number of nitrogen functional groups attached to an aromatic ring is 1. The van der Waals surface area contributed by atoms with Gasteiger partial charge in [0, 0.05) is 18.1 Å². The largest absolute Gasteiger partial charge is 0.382 e. The number of amides is 1. The number of aromatic nitrogens is 3. The van der Waals surface area contributed by atoms with Crippen LogP contribution in [0.3, 0.4) is 0 Å². The molecular weight excluding hydrogens is 405 g/mol. The molecule has 30 heavy (non-hydrogen) atoms. The van der Waals surface area contributed by atoms with Gasteiger partial charge in [-0.1, -0.05) is 17.7 Å². The Kier molecular flexibility index (Phi) is 4.36. The van der Waals surface area contributed by atoms with Crippen LogP contribution in [0.5, 0.6) is 0 Å². The summed E-state index contributed by atoms with van der Waals surface area (Å²) in [4.78, 5) is 23.3. The van der Waals surface area contributed by atoms with Gasteiger partial charge in [-0.25, -0.2) is 14.4 Å². The summed E-state index contributed by atoms with van der Waals surface area (Å²) in [6.07, 6.45) is 5.84. The lowest BCUT2D eigenvalue weighted by Gasteiger charge is -2.33. The van der Waals surface area contributed by atoms with E-state index in [0.29, 0.717) is 21.6 Å². The molecule has 2 heterocycles. The second-order valence-corrected chi connectivity index (χ2v) is 8.07. The molecule has 1 unspecified atom stereocenters. The molecule has 0 saturated heterocycles. The molecule has 6 nitrogen and oxygen atoms in total. The average molecular weight is 424 g/mol. The van der Waals surface area contributed by atoms with Gasteiger partial charge in [0.05, 0.1) is 35.2 Å². The van der Waals surface area contributed by atoms with Crippen LogP contribution in [0.1, 0.15) is 40.4 Å². The van der Waals surface area contributed by atoms with Crippen LogP contribution >= 0.6 is 11.6 Å². The van der Waals surface area contributed by atoms with Gasteiger partial charge >= 0.3 is 0 Å². The predicted molar refractivity (Wildman–Crippen MR) is 114 cm³/mol. The van der Waals surface area contributed by atoms with Crippen LogP contribution in [0.15, 0.2) is 42.9 Å². The summed E-state index contributed by atoms with van der Waals surface area (Å²) in [5.74, 6) is -0.752. The molecule has 4 aromatic rings. The molecule has 0 spiro atoms. The zero-order valence-corrected chi connectivity index (χ0v) is 17.0. The number of benzene rings is 2. The third-order valence-electron chi connectivity index (χ3n) is 5.87. The van der Waals surface area contributed by atoms with Crippen LogP contribution in [0.4, 0.5) is 10.2 Å². The van der Waals surface area contributed by atoms with E-state index in [1.54, 1.807) is 28.9 Å². The summed E-state index contributed by atoms with van der Waals surface area (Å²) in [5.41, 5.74) is 9.68. The Morgan fingerprint density at radius 1 is 1.30 bits per heavy atom. The van der Waals surface area contributed by atoms with E-state index in [0.717, 1.165) is 30.4 Å². The van der Waals surface area contributed by atoms with Gasteiger partial charge in [0.15, 0.2) is 0 Å². The number of aryl methyl sites for hydroxylation is 1. The molecule has 2 aromatic carbocycles. The number of anilines is 1. The number of rotatable bonds is 2. The van der Waals surface area contributed by atoms with Crippen LogP contribution < -0.4 is 5.73 Å². The lowest BCUT2D eigenvalue weighted by Crippen LogP contribution is -2.34. The van der Waals surface area contributed by atoms with Gasteiger partial charge in [0.25, 0.3) is 5.91 Å². The highest BCUT2D eigenvalue weighted by molar-refractivity contribution is 6.30. The van der Waals surface area contributed by atoms with Crippen molar-refractivity contribution in [3.63, 3.8) is 0 Å². The number of hydrogen-bond donors (Lipinski definition) is 1. The normalized spacial score (nSPS) is 16.0. The molecule has 8 heteroatoms. The SMILES string of the molecule is CN(C(=O)c1cc2c(cc1F)nc(N)c1cncn12)C1CCCc2cc(Cl)ccc21. The van der Waals surface area contributed by atoms with Crippen molar-refractivity contribution in [2.24, 2.45) is 0 Å². The van der Waals surface area contributed by atoms with Gasteiger partial charge in [-0.05, 0) is 48.6 Å². The molecule has 1 amide bonds. The highest BCUT2D eigenvalue weighted by Crippen LogP contribution is 2.36. The molecule has 2 N–H and O–H groups in total. The Bertz CT molecular complexity index is 1320. The number of imidazole rings is 1. The molecule has 1 aliphatic carbocycles. The Morgan fingerprint density at radius 2 is 2.13 bits per heavy atom. The first-order valence-corrected chi connectivity index (χ1v) is 10.1. The van der Waals surface area contributed by atoms with E-state index >= 15 is 0 Å². The van der Waals surface area contributed by atoms with Gasteiger partial charge in [-0.2, -0.15) is 0 Å². The van der Waals surface area contributed by atoms with E-state index in [4.69, 9.17) is 17.3 Å². The number of hydrogen-bond acceptors (Lipinski definition) is 4. The van der Waals surface area contributed by atoms with Gasteiger partial charge < -0.3 is 10.6 Å². The van der Waals surface area contributed by atoms with Gasteiger partial charge in [0.2, 0.25) is 0 Å². The van der Waals surface area contributed by atoms with E-state index in [1.807, 2.05) is 18.2 Å². The second-order valence-electron chi connectivity index (χ2n) is 7.63. The topological polar surface area (TPSA) is 76.5 Å². The fourth-order valence-electron chi connectivity index (χ4n) is 4.35. The predicted octanol–water partition coefficient (Wildman–Crippen LogP) is 4.41. The Morgan fingerprint density at radius 3 is 2.97 bits per heavy atom. The number of nitrogens with two attached hydrogens (primary N) is 1. The highest BCUT2D eigenvalue weighted by Gasteiger charge is 2.29. The molecule has 0 bridgehead atoms. The quantitative estimate of drug-likeness (QED) is 0.518. The lowest BCUT2D eigenvalue weighted by molar-refractivity contribution is 0.0710. The van der Waals surface area contributed by atoms with Crippen LogP contribution in [-0.2, 0) is 6.42 Å². The highest BCUT2D eigenvalue weighted by atomic mass is 35.5. The maximum Gasteiger partial charge on any atom is 0.257 e. The Balaban J connectivity index is 1.58. The van der Waals surface area contributed by atoms with E-state index in [9.17, 15) is 9.18 Å². The monoisotopic (exact) mass is 423 g/mol. The second kappa shape index (κ2) is 6.95. The summed E-state index contributed by atoms with van der Waals surface area (Å²) in [6, 6.07) is 8.38. The summed E-state index contributed by atoms with van der Waals surface area (Å²) in [7, 11) is 1.72. The van der Waals surface area contributed by atoms with Gasteiger partial charge in [-0.15, -0.1) is 0 Å². The van der Waals surface area contributed by atoms with Gasteiger partial charge in [-0.3, -0.25) is 9.20 Å². The van der Waals surface area contributed by atoms with Crippen LogP contribution in [0, 0.1) is 5.82 Å². The molecule has 152 valence electrons. The van der Waals surface area contributed by atoms with Crippen molar-refractivity contribution >= 4 is 39.9 Å². The number of fused-ring (bicyclic) bond motifs is 4. The summed E-state index contributed by atoms with van der Waals surface area (Å²) in [5, 5.41) is 0.681.